The molecular weight excluding hydrogens is 361 g/mol. The number of benzene rings is 1. The summed E-state index contributed by atoms with van der Waals surface area (Å²) in [6.45, 7) is 0. The Morgan fingerprint density at radius 3 is 2.61 bits per heavy atom. The van der Waals surface area contributed by atoms with Crippen molar-refractivity contribution >= 4 is 22.6 Å². The first kappa shape index (κ1) is 18.9. The summed E-state index contributed by atoms with van der Waals surface area (Å²) in [5, 5.41) is 9.45. The molecule has 0 saturated heterocycles. The molecule has 0 aliphatic heterocycles. The highest BCUT2D eigenvalue weighted by Crippen LogP contribution is 2.43. The maximum Gasteiger partial charge on any atom is 0.341 e. The molecule has 2 unspecified atom stereocenters. The van der Waals surface area contributed by atoms with Crippen molar-refractivity contribution < 1.29 is 14.3 Å². The molecule has 1 aromatic heterocycles. The molecule has 2 aliphatic rings. The number of aromatic carboxylic acids is 1. The molecule has 0 bridgehead atoms. The van der Waals surface area contributed by atoms with E-state index in [9.17, 15) is 14.7 Å². The van der Waals surface area contributed by atoms with Crippen molar-refractivity contribution in [2.24, 2.45) is 0 Å². The molecule has 7 heteroatoms. The second-order valence-electron chi connectivity index (χ2n) is 8.38. The van der Waals surface area contributed by atoms with Gasteiger partial charge in [0.2, 0.25) is 5.43 Å². The summed E-state index contributed by atoms with van der Waals surface area (Å²) in [4.78, 5) is 26.3. The molecule has 0 spiro atoms. The van der Waals surface area contributed by atoms with Gasteiger partial charge in [0.05, 0.1) is 16.6 Å². The van der Waals surface area contributed by atoms with E-state index in [1.165, 1.54) is 12.3 Å². The number of anilines is 1. The Balaban J connectivity index is 1.93. The van der Waals surface area contributed by atoms with Crippen molar-refractivity contribution in [2.45, 2.75) is 56.5 Å². The van der Waals surface area contributed by atoms with Gasteiger partial charge < -0.3 is 20.3 Å². The van der Waals surface area contributed by atoms with Gasteiger partial charge in [-0.2, -0.15) is 0 Å². The number of carbonyl (C=O) groups is 1. The first-order valence-electron chi connectivity index (χ1n) is 9.86. The molecule has 1 aromatic carbocycles. The SMILES string of the molecule is CN(C)C1CCCC(c2c(F)cc3c(=O)c(C(=O)O)cn(C4CC4)c3c2N)C1. The Morgan fingerprint density at radius 2 is 2.00 bits per heavy atom. The average Bonchev–Trinajstić information content (AvgIpc) is 3.47. The van der Waals surface area contributed by atoms with Gasteiger partial charge in [0.1, 0.15) is 11.4 Å². The number of pyridine rings is 1. The van der Waals surface area contributed by atoms with Crippen LogP contribution in [0.1, 0.15) is 66.4 Å². The van der Waals surface area contributed by atoms with E-state index in [1.54, 1.807) is 4.57 Å². The molecule has 0 amide bonds. The first-order chi connectivity index (χ1) is 13.3. The number of nitrogens with zero attached hydrogens (tertiary/aromatic N) is 2. The van der Waals surface area contributed by atoms with Crippen LogP contribution in [-0.2, 0) is 0 Å². The Morgan fingerprint density at radius 1 is 1.29 bits per heavy atom. The van der Waals surface area contributed by atoms with Crippen molar-refractivity contribution in [3.05, 3.63) is 39.4 Å². The standard InChI is InChI=1S/C21H26FN3O3/c1-24(2)13-5-3-4-11(8-13)17-16(22)9-14-19(18(17)23)25(12-6-7-12)10-15(20(14)26)21(27)28/h9-13H,3-8,23H2,1-2H3,(H,27,28). The molecule has 2 aliphatic carbocycles. The highest BCUT2D eigenvalue weighted by atomic mass is 19.1. The minimum absolute atomic E-state index is 0.00699. The van der Waals surface area contributed by atoms with Gasteiger partial charge in [-0.15, -0.1) is 0 Å². The zero-order valence-electron chi connectivity index (χ0n) is 16.2. The maximum atomic E-state index is 15.2. The van der Waals surface area contributed by atoms with Crippen LogP contribution in [0.25, 0.3) is 10.9 Å². The van der Waals surface area contributed by atoms with Crippen molar-refractivity contribution in [3.8, 4) is 0 Å². The van der Waals surface area contributed by atoms with Crippen LogP contribution in [0.5, 0.6) is 0 Å². The number of nitrogens with two attached hydrogens (primary N) is 1. The summed E-state index contributed by atoms with van der Waals surface area (Å²) in [7, 11) is 4.07. The smallest absolute Gasteiger partial charge is 0.341 e. The van der Waals surface area contributed by atoms with Crippen LogP contribution in [0.2, 0.25) is 0 Å². The van der Waals surface area contributed by atoms with Crippen molar-refractivity contribution in [2.75, 3.05) is 19.8 Å². The van der Waals surface area contributed by atoms with Crippen molar-refractivity contribution in [1.82, 2.24) is 9.47 Å². The van der Waals surface area contributed by atoms with Crippen LogP contribution in [0.15, 0.2) is 17.1 Å². The molecule has 28 heavy (non-hydrogen) atoms. The predicted octanol–water partition coefficient (Wildman–Crippen LogP) is 3.34. The number of rotatable bonds is 4. The third-order valence-electron chi connectivity index (χ3n) is 6.30. The molecule has 6 nitrogen and oxygen atoms in total. The summed E-state index contributed by atoms with van der Waals surface area (Å²) in [6, 6.07) is 1.68. The van der Waals surface area contributed by atoms with E-state index in [2.05, 4.69) is 4.90 Å². The van der Waals surface area contributed by atoms with Gasteiger partial charge in [-0.05, 0) is 58.2 Å². The number of carboxylic acids is 1. The molecular formula is C21H26FN3O3. The van der Waals surface area contributed by atoms with E-state index < -0.39 is 17.2 Å². The number of hydrogen-bond acceptors (Lipinski definition) is 4. The molecule has 3 N–H and O–H groups in total. The van der Waals surface area contributed by atoms with Crippen molar-refractivity contribution in [3.63, 3.8) is 0 Å². The lowest BCUT2D eigenvalue weighted by Crippen LogP contribution is -2.33. The summed E-state index contributed by atoms with van der Waals surface area (Å²) < 4.78 is 16.9. The van der Waals surface area contributed by atoms with Gasteiger partial charge in [0.15, 0.2) is 0 Å². The fourth-order valence-electron chi connectivity index (χ4n) is 4.64. The van der Waals surface area contributed by atoms with Gasteiger partial charge in [0.25, 0.3) is 0 Å². The third-order valence-corrected chi connectivity index (χ3v) is 6.30. The Kier molecular flexibility index (Phi) is 4.65. The average molecular weight is 387 g/mol. The number of aromatic nitrogens is 1. The fraction of sp³-hybridized carbons (Fsp3) is 0.524. The number of carboxylic acid groups (broad SMARTS) is 1. The zero-order chi connectivity index (χ0) is 20.2. The molecule has 150 valence electrons. The van der Waals surface area contributed by atoms with E-state index in [0.717, 1.165) is 38.5 Å². The molecule has 4 rings (SSSR count). The Bertz CT molecular complexity index is 1010. The lowest BCUT2D eigenvalue weighted by Gasteiger charge is -2.34. The number of halogens is 1. The van der Waals surface area contributed by atoms with E-state index in [1.807, 2.05) is 14.1 Å². The highest BCUT2D eigenvalue weighted by molar-refractivity contribution is 5.97. The van der Waals surface area contributed by atoms with Gasteiger partial charge in [-0.3, -0.25) is 4.79 Å². The monoisotopic (exact) mass is 387 g/mol. The van der Waals surface area contributed by atoms with Gasteiger partial charge in [-0.1, -0.05) is 6.42 Å². The molecule has 2 fully saturated rings. The first-order valence-corrected chi connectivity index (χ1v) is 9.86. The van der Waals surface area contributed by atoms with E-state index in [4.69, 9.17) is 5.73 Å². The fourth-order valence-corrected chi connectivity index (χ4v) is 4.64. The van der Waals surface area contributed by atoms with Crippen LogP contribution in [-0.4, -0.2) is 40.7 Å². The Hall–Kier alpha value is -2.41. The minimum Gasteiger partial charge on any atom is -0.477 e. The lowest BCUT2D eigenvalue weighted by molar-refractivity contribution is 0.0695. The molecule has 0 radical (unpaired) electrons. The van der Waals surface area contributed by atoms with Crippen LogP contribution in [0.4, 0.5) is 10.1 Å². The largest absolute Gasteiger partial charge is 0.477 e. The summed E-state index contributed by atoms with van der Waals surface area (Å²) in [6.07, 6.45) is 6.93. The van der Waals surface area contributed by atoms with E-state index >= 15 is 4.39 Å². The van der Waals surface area contributed by atoms with Gasteiger partial charge >= 0.3 is 5.97 Å². The number of hydrogen-bond donors (Lipinski definition) is 2. The zero-order valence-corrected chi connectivity index (χ0v) is 16.2. The summed E-state index contributed by atoms with van der Waals surface area (Å²) in [5.74, 6) is -1.81. The Labute approximate surface area is 162 Å². The van der Waals surface area contributed by atoms with Crippen LogP contribution in [0, 0.1) is 5.82 Å². The molecule has 2 saturated carbocycles. The second kappa shape index (κ2) is 6.88. The summed E-state index contributed by atoms with van der Waals surface area (Å²) >= 11 is 0. The normalized spacial score (nSPS) is 22.7. The quantitative estimate of drug-likeness (QED) is 0.786. The van der Waals surface area contributed by atoms with Gasteiger partial charge in [0, 0.05) is 23.8 Å². The number of nitrogen functional groups attached to an aromatic ring is 1. The minimum atomic E-state index is -1.30. The maximum absolute atomic E-state index is 15.2. The van der Waals surface area contributed by atoms with Crippen LogP contribution >= 0.6 is 0 Å². The predicted molar refractivity (Wildman–Crippen MR) is 106 cm³/mol. The number of fused-ring (bicyclic) bond motifs is 1. The third kappa shape index (κ3) is 3.07. The van der Waals surface area contributed by atoms with Crippen LogP contribution < -0.4 is 11.2 Å². The van der Waals surface area contributed by atoms with E-state index in [0.29, 0.717) is 22.8 Å². The molecule has 1 heterocycles. The van der Waals surface area contributed by atoms with Gasteiger partial charge in [-0.25, -0.2) is 9.18 Å². The summed E-state index contributed by atoms with van der Waals surface area (Å²) in [5.41, 5.74) is 6.72. The molecule has 2 atom stereocenters. The van der Waals surface area contributed by atoms with E-state index in [-0.39, 0.29) is 22.9 Å². The lowest BCUT2D eigenvalue weighted by atomic mass is 9.79. The highest BCUT2D eigenvalue weighted by Gasteiger charge is 2.32. The second-order valence-corrected chi connectivity index (χ2v) is 8.38. The van der Waals surface area contributed by atoms with Crippen molar-refractivity contribution in [1.29, 1.82) is 0 Å². The van der Waals surface area contributed by atoms with Crippen LogP contribution in [0.3, 0.4) is 0 Å². The topological polar surface area (TPSA) is 88.6 Å². The molecule has 2 aromatic rings.